The summed E-state index contributed by atoms with van der Waals surface area (Å²) in [7, 11) is 0. The molecule has 1 aromatic heterocycles. The molecule has 0 radical (unpaired) electrons. The first kappa shape index (κ1) is 18.1. The average Bonchev–Trinajstić information content (AvgIpc) is 2.54. The Balaban J connectivity index is 1.48. The lowest BCUT2D eigenvalue weighted by atomic mass is 9.86. The predicted octanol–water partition coefficient (Wildman–Crippen LogP) is 1.64. The van der Waals surface area contributed by atoms with E-state index in [4.69, 9.17) is 9.47 Å². The van der Waals surface area contributed by atoms with Gasteiger partial charge >= 0.3 is 0 Å². The second-order valence-corrected chi connectivity index (χ2v) is 7.11. The zero-order valence-corrected chi connectivity index (χ0v) is 14.9. The van der Waals surface area contributed by atoms with E-state index in [1.165, 1.54) is 25.3 Å². The quantitative estimate of drug-likeness (QED) is 0.813. The lowest BCUT2D eigenvalue weighted by Gasteiger charge is -2.34. The first-order chi connectivity index (χ1) is 12.1. The zero-order chi connectivity index (χ0) is 17.6. The van der Waals surface area contributed by atoms with Crippen molar-refractivity contribution in [3.8, 4) is 0 Å². The van der Waals surface area contributed by atoms with Gasteiger partial charge < -0.3 is 19.4 Å². The molecule has 2 atom stereocenters. The SMILES string of the molecule is Cc1cccc(=O)n1CCC(=O)N[C@@H]1COCC[C@@H]1OCC1CCC1. The molecule has 6 nitrogen and oxygen atoms in total. The molecular formula is C19H28N2O4. The van der Waals surface area contributed by atoms with Crippen molar-refractivity contribution in [2.24, 2.45) is 5.92 Å². The van der Waals surface area contributed by atoms with Crippen molar-refractivity contribution < 1.29 is 14.3 Å². The third-order valence-electron chi connectivity index (χ3n) is 5.24. The highest BCUT2D eigenvalue weighted by Gasteiger charge is 2.29. The van der Waals surface area contributed by atoms with Crippen LogP contribution in [-0.2, 0) is 20.8 Å². The van der Waals surface area contributed by atoms with Gasteiger partial charge in [-0.2, -0.15) is 0 Å². The smallest absolute Gasteiger partial charge is 0.250 e. The van der Waals surface area contributed by atoms with Gasteiger partial charge in [0, 0.05) is 37.9 Å². The van der Waals surface area contributed by atoms with Crippen molar-refractivity contribution in [3.63, 3.8) is 0 Å². The first-order valence-electron chi connectivity index (χ1n) is 9.28. The summed E-state index contributed by atoms with van der Waals surface area (Å²) >= 11 is 0. The van der Waals surface area contributed by atoms with Gasteiger partial charge in [0.05, 0.1) is 18.8 Å². The fraction of sp³-hybridized carbons (Fsp3) is 0.684. The molecule has 25 heavy (non-hydrogen) atoms. The average molecular weight is 348 g/mol. The number of carbonyl (C=O) groups excluding carboxylic acids is 1. The van der Waals surface area contributed by atoms with Crippen molar-refractivity contribution in [1.29, 1.82) is 0 Å². The molecule has 1 aliphatic carbocycles. The zero-order valence-electron chi connectivity index (χ0n) is 14.9. The van der Waals surface area contributed by atoms with Crippen LogP contribution in [0.25, 0.3) is 0 Å². The van der Waals surface area contributed by atoms with Crippen molar-refractivity contribution in [2.45, 2.75) is 57.7 Å². The van der Waals surface area contributed by atoms with Gasteiger partial charge in [0.1, 0.15) is 0 Å². The van der Waals surface area contributed by atoms with Gasteiger partial charge in [-0.1, -0.05) is 12.5 Å². The minimum Gasteiger partial charge on any atom is -0.379 e. The number of amides is 1. The van der Waals surface area contributed by atoms with E-state index in [0.717, 1.165) is 18.7 Å². The van der Waals surface area contributed by atoms with E-state index in [1.54, 1.807) is 10.6 Å². The Morgan fingerprint density at radius 1 is 1.36 bits per heavy atom. The third kappa shape index (κ3) is 4.92. The Hall–Kier alpha value is -1.66. The largest absolute Gasteiger partial charge is 0.379 e. The first-order valence-corrected chi connectivity index (χ1v) is 9.28. The Labute approximate surface area is 148 Å². The molecule has 0 aromatic carbocycles. The van der Waals surface area contributed by atoms with Crippen LogP contribution in [0.1, 0.15) is 37.8 Å². The fourth-order valence-corrected chi connectivity index (χ4v) is 3.37. The number of pyridine rings is 1. The molecule has 1 amide bonds. The van der Waals surface area contributed by atoms with Crippen LogP contribution < -0.4 is 10.9 Å². The lowest BCUT2D eigenvalue weighted by molar-refractivity contribution is -0.127. The monoisotopic (exact) mass is 348 g/mol. The highest BCUT2D eigenvalue weighted by Crippen LogP contribution is 2.27. The van der Waals surface area contributed by atoms with Gasteiger partial charge in [0.15, 0.2) is 0 Å². The summed E-state index contributed by atoms with van der Waals surface area (Å²) < 4.78 is 13.2. The molecule has 0 unspecified atom stereocenters. The number of carbonyl (C=O) groups is 1. The van der Waals surface area contributed by atoms with Crippen molar-refractivity contribution in [1.82, 2.24) is 9.88 Å². The molecular weight excluding hydrogens is 320 g/mol. The number of aromatic nitrogens is 1. The van der Waals surface area contributed by atoms with E-state index < -0.39 is 0 Å². The van der Waals surface area contributed by atoms with Gasteiger partial charge in [0.2, 0.25) is 5.91 Å². The van der Waals surface area contributed by atoms with Gasteiger partial charge in [-0.25, -0.2) is 0 Å². The number of ether oxygens (including phenoxy) is 2. The molecule has 1 aliphatic heterocycles. The Morgan fingerprint density at radius 3 is 2.92 bits per heavy atom. The van der Waals surface area contributed by atoms with Crippen LogP contribution >= 0.6 is 0 Å². The van der Waals surface area contributed by atoms with Crippen LogP contribution in [0.4, 0.5) is 0 Å². The molecule has 0 spiro atoms. The lowest BCUT2D eigenvalue weighted by Crippen LogP contribution is -2.51. The van der Waals surface area contributed by atoms with E-state index in [-0.39, 0.29) is 30.0 Å². The summed E-state index contributed by atoms with van der Waals surface area (Å²) in [6, 6.07) is 5.02. The van der Waals surface area contributed by atoms with Crippen LogP contribution in [0.3, 0.4) is 0 Å². The number of nitrogens with zero attached hydrogens (tertiary/aromatic N) is 1. The molecule has 2 heterocycles. The molecule has 0 bridgehead atoms. The van der Waals surface area contributed by atoms with Gasteiger partial charge in [-0.3, -0.25) is 9.59 Å². The van der Waals surface area contributed by atoms with Gasteiger partial charge in [-0.15, -0.1) is 0 Å². The number of rotatable bonds is 7. The fourth-order valence-electron chi connectivity index (χ4n) is 3.37. The third-order valence-corrected chi connectivity index (χ3v) is 5.24. The minimum absolute atomic E-state index is 0.0273. The maximum Gasteiger partial charge on any atom is 0.250 e. The molecule has 1 aromatic rings. The molecule has 2 fully saturated rings. The standard InChI is InChI=1S/C19H28N2O4/c1-14-4-2-7-19(23)21(14)10-8-18(22)20-16-13-24-11-9-17(16)25-12-15-5-3-6-15/h2,4,7,15-17H,3,5-6,8-13H2,1H3,(H,20,22)/t16-,17+/m1/s1. The van der Waals surface area contributed by atoms with E-state index in [0.29, 0.717) is 25.7 Å². The Bertz CT molecular complexity index is 639. The molecule has 1 saturated heterocycles. The molecule has 2 aliphatic rings. The second-order valence-electron chi connectivity index (χ2n) is 7.11. The normalized spacial score (nSPS) is 23.9. The predicted molar refractivity (Wildman–Crippen MR) is 94.5 cm³/mol. The van der Waals surface area contributed by atoms with E-state index in [1.807, 2.05) is 13.0 Å². The van der Waals surface area contributed by atoms with Crippen molar-refractivity contribution in [2.75, 3.05) is 19.8 Å². The van der Waals surface area contributed by atoms with E-state index in [2.05, 4.69) is 5.32 Å². The highest BCUT2D eigenvalue weighted by molar-refractivity contribution is 5.76. The van der Waals surface area contributed by atoms with E-state index in [9.17, 15) is 9.59 Å². The van der Waals surface area contributed by atoms with Crippen LogP contribution in [0.15, 0.2) is 23.0 Å². The second kappa shape index (κ2) is 8.63. The minimum atomic E-state index is -0.102. The molecule has 3 rings (SSSR count). The van der Waals surface area contributed by atoms with Crippen LogP contribution in [0, 0.1) is 12.8 Å². The number of hydrogen-bond acceptors (Lipinski definition) is 4. The topological polar surface area (TPSA) is 69.6 Å². The van der Waals surface area contributed by atoms with E-state index >= 15 is 0 Å². The molecule has 6 heteroatoms. The Morgan fingerprint density at radius 2 is 2.20 bits per heavy atom. The maximum atomic E-state index is 12.3. The number of aryl methyl sites for hydroxylation is 1. The summed E-state index contributed by atoms with van der Waals surface area (Å²) in [6.07, 6.45) is 4.93. The molecule has 1 saturated carbocycles. The van der Waals surface area contributed by atoms with Crippen LogP contribution in [0.2, 0.25) is 0 Å². The molecule has 138 valence electrons. The summed E-state index contributed by atoms with van der Waals surface area (Å²) in [5.74, 6) is 0.620. The van der Waals surface area contributed by atoms with Gasteiger partial charge in [0.25, 0.3) is 5.56 Å². The van der Waals surface area contributed by atoms with Crippen LogP contribution in [0.5, 0.6) is 0 Å². The number of hydrogen-bond donors (Lipinski definition) is 1. The summed E-state index contributed by atoms with van der Waals surface area (Å²) in [6.45, 7) is 4.22. The maximum absolute atomic E-state index is 12.3. The van der Waals surface area contributed by atoms with Crippen molar-refractivity contribution in [3.05, 3.63) is 34.2 Å². The van der Waals surface area contributed by atoms with Crippen LogP contribution in [-0.4, -0.2) is 42.4 Å². The number of nitrogens with one attached hydrogen (secondary N) is 1. The highest BCUT2D eigenvalue weighted by atomic mass is 16.5. The molecule has 1 N–H and O–H groups in total. The van der Waals surface area contributed by atoms with Gasteiger partial charge in [-0.05, 0) is 38.2 Å². The van der Waals surface area contributed by atoms with Crippen molar-refractivity contribution >= 4 is 5.91 Å². The summed E-state index contributed by atoms with van der Waals surface area (Å²) in [5, 5.41) is 3.03. The Kier molecular flexibility index (Phi) is 6.26. The summed E-state index contributed by atoms with van der Waals surface area (Å²) in [5.41, 5.74) is 0.790. The summed E-state index contributed by atoms with van der Waals surface area (Å²) in [4.78, 5) is 24.2.